The third-order valence-corrected chi connectivity index (χ3v) is 3.92. The number of benzene rings is 2. The van der Waals surface area contributed by atoms with Crippen LogP contribution in [0.2, 0.25) is 0 Å². The lowest BCUT2D eigenvalue weighted by Gasteiger charge is -2.03. The molecule has 0 aliphatic rings. The zero-order valence-corrected chi connectivity index (χ0v) is 13.7. The van der Waals surface area contributed by atoms with E-state index in [-0.39, 0.29) is 19.0 Å². The third-order valence-electron chi connectivity index (χ3n) is 3.92. The molecule has 1 N–H and O–H groups in total. The number of fused-ring (bicyclic) bond motifs is 1. The van der Waals surface area contributed by atoms with Crippen molar-refractivity contribution in [2.75, 3.05) is 0 Å². The number of para-hydroxylation sites is 2. The number of aromatic nitrogens is 2. The standard InChI is InChI=1S/C19H15N3O4/c23-17(12-22-14-8-4-5-9-15(14)26-19(22)24)20-11-18-21-10-16(25-18)13-6-2-1-3-7-13/h1-10H,11-12H2,(H,20,23). The number of nitrogens with zero attached hydrogens (tertiary/aromatic N) is 2. The molecule has 2 aromatic heterocycles. The van der Waals surface area contributed by atoms with Gasteiger partial charge in [-0.05, 0) is 12.1 Å². The minimum Gasteiger partial charge on any atom is -0.439 e. The van der Waals surface area contributed by atoms with Crippen molar-refractivity contribution in [3.05, 3.63) is 77.2 Å². The van der Waals surface area contributed by atoms with E-state index >= 15 is 0 Å². The number of hydrogen-bond donors (Lipinski definition) is 1. The van der Waals surface area contributed by atoms with E-state index in [1.807, 2.05) is 30.3 Å². The van der Waals surface area contributed by atoms with Crippen molar-refractivity contribution in [2.45, 2.75) is 13.1 Å². The smallest absolute Gasteiger partial charge is 0.420 e. The molecule has 4 aromatic rings. The number of nitrogens with one attached hydrogen (secondary N) is 1. The van der Waals surface area contributed by atoms with Gasteiger partial charge >= 0.3 is 5.76 Å². The Bertz CT molecular complexity index is 1110. The average molecular weight is 349 g/mol. The maximum Gasteiger partial charge on any atom is 0.420 e. The normalized spacial score (nSPS) is 10.9. The Morgan fingerprint density at radius 2 is 1.81 bits per heavy atom. The summed E-state index contributed by atoms with van der Waals surface area (Å²) >= 11 is 0. The predicted molar refractivity (Wildman–Crippen MR) is 94.3 cm³/mol. The van der Waals surface area contributed by atoms with Gasteiger partial charge in [0.25, 0.3) is 0 Å². The first kappa shape index (κ1) is 15.9. The van der Waals surface area contributed by atoms with Crippen LogP contribution < -0.4 is 11.1 Å². The highest BCUT2D eigenvalue weighted by Gasteiger charge is 2.13. The number of oxazole rings is 2. The summed E-state index contributed by atoms with van der Waals surface area (Å²) in [6.07, 6.45) is 1.62. The van der Waals surface area contributed by atoms with Gasteiger partial charge in [-0.15, -0.1) is 0 Å². The Balaban J connectivity index is 1.42. The maximum absolute atomic E-state index is 12.2. The fourth-order valence-corrected chi connectivity index (χ4v) is 2.67. The molecule has 4 rings (SSSR count). The number of rotatable bonds is 5. The molecule has 0 saturated heterocycles. The molecule has 0 radical (unpaired) electrons. The molecule has 0 fully saturated rings. The third kappa shape index (κ3) is 3.14. The highest BCUT2D eigenvalue weighted by molar-refractivity contribution is 5.79. The van der Waals surface area contributed by atoms with Gasteiger partial charge in [-0.2, -0.15) is 0 Å². The van der Waals surface area contributed by atoms with Gasteiger partial charge in [-0.25, -0.2) is 9.78 Å². The van der Waals surface area contributed by atoms with Crippen molar-refractivity contribution in [1.29, 1.82) is 0 Å². The minimum atomic E-state index is -0.566. The Hall–Kier alpha value is -3.61. The molecular formula is C19H15N3O4. The van der Waals surface area contributed by atoms with Crippen LogP contribution in [0.3, 0.4) is 0 Å². The summed E-state index contributed by atoms with van der Waals surface area (Å²) in [4.78, 5) is 28.2. The topological polar surface area (TPSA) is 90.3 Å². The van der Waals surface area contributed by atoms with Gasteiger partial charge in [-0.1, -0.05) is 42.5 Å². The van der Waals surface area contributed by atoms with Crippen LogP contribution in [0.4, 0.5) is 0 Å². The lowest BCUT2D eigenvalue weighted by Crippen LogP contribution is -2.30. The highest BCUT2D eigenvalue weighted by atomic mass is 16.4. The molecule has 0 bridgehead atoms. The van der Waals surface area contributed by atoms with Gasteiger partial charge in [0.1, 0.15) is 6.54 Å². The van der Waals surface area contributed by atoms with E-state index in [9.17, 15) is 9.59 Å². The van der Waals surface area contributed by atoms with E-state index in [4.69, 9.17) is 8.83 Å². The molecule has 0 spiro atoms. The second-order valence-corrected chi connectivity index (χ2v) is 5.68. The van der Waals surface area contributed by atoms with Crippen LogP contribution in [0.5, 0.6) is 0 Å². The molecule has 130 valence electrons. The Kier molecular flexibility index (Phi) is 4.10. The molecule has 0 aliphatic heterocycles. The summed E-state index contributed by atoms with van der Waals surface area (Å²) in [7, 11) is 0. The van der Waals surface area contributed by atoms with Crippen molar-refractivity contribution in [3.63, 3.8) is 0 Å². The fourth-order valence-electron chi connectivity index (χ4n) is 2.67. The summed E-state index contributed by atoms with van der Waals surface area (Å²) in [5.74, 6) is 0.121. The van der Waals surface area contributed by atoms with Gasteiger partial charge in [0, 0.05) is 5.56 Å². The number of carbonyl (C=O) groups excluding carboxylic acids is 1. The van der Waals surface area contributed by atoms with Crippen LogP contribution in [-0.2, 0) is 17.9 Å². The van der Waals surface area contributed by atoms with E-state index in [0.29, 0.717) is 22.8 Å². The minimum absolute atomic E-state index is 0.135. The van der Waals surface area contributed by atoms with Crippen molar-refractivity contribution in [1.82, 2.24) is 14.9 Å². The van der Waals surface area contributed by atoms with E-state index in [0.717, 1.165) is 5.56 Å². The first-order valence-corrected chi connectivity index (χ1v) is 8.06. The summed E-state index contributed by atoms with van der Waals surface area (Å²) in [6.45, 7) is -0.00169. The molecule has 7 heteroatoms. The van der Waals surface area contributed by atoms with Gasteiger partial charge in [-0.3, -0.25) is 9.36 Å². The number of hydrogen-bond acceptors (Lipinski definition) is 5. The second-order valence-electron chi connectivity index (χ2n) is 5.68. The van der Waals surface area contributed by atoms with Crippen molar-refractivity contribution in [3.8, 4) is 11.3 Å². The maximum atomic E-state index is 12.2. The van der Waals surface area contributed by atoms with Crippen LogP contribution >= 0.6 is 0 Å². The van der Waals surface area contributed by atoms with Gasteiger partial charge in [0.15, 0.2) is 11.3 Å². The largest absolute Gasteiger partial charge is 0.439 e. The monoisotopic (exact) mass is 349 g/mol. The van der Waals surface area contributed by atoms with Crippen LogP contribution in [0.25, 0.3) is 22.4 Å². The zero-order chi connectivity index (χ0) is 17.9. The van der Waals surface area contributed by atoms with E-state index in [2.05, 4.69) is 10.3 Å². The summed E-state index contributed by atoms with van der Waals surface area (Å²) < 4.78 is 12.0. The molecule has 1 amide bonds. The first-order chi connectivity index (χ1) is 12.7. The molecule has 7 nitrogen and oxygen atoms in total. The van der Waals surface area contributed by atoms with Crippen LogP contribution in [-0.4, -0.2) is 15.5 Å². The SMILES string of the molecule is O=C(Cn1c(=O)oc2ccccc21)NCc1ncc(-c2ccccc2)o1. The summed E-state index contributed by atoms with van der Waals surface area (Å²) in [5, 5.41) is 2.70. The Labute approximate surface area is 147 Å². The van der Waals surface area contributed by atoms with Gasteiger partial charge in [0.2, 0.25) is 11.8 Å². The lowest BCUT2D eigenvalue weighted by atomic mass is 10.2. The fraction of sp³-hybridized carbons (Fsp3) is 0.105. The van der Waals surface area contributed by atoms with Crippen LogP contribution in [0.1, 0.15) is 5.89 Å². The highest BCUT2D eigenvalue weighted by Crippen LogP contribution is 2.19. The van der Waals surface area contributed by atoms with Crippen molar-refractivity contribution < 1.29 is 13.6 Å². The summed E-state index contributed by atoms with van der Waals surface area (Å²) in [5.41, 5.74) is 1.94. The first-order valence-electron chi connectivity index (χ1n) is 8.06. The van der Waals surface area contributed by atoms with Crippen molar-refractivity contribution in [2.24, 2.45) is 0 Å². The van der Waals surface area contributed by atoms with E-state index in [1.165, 1.54) is 4.57 Å². The number of amides is 1. The van der Waals surface area contributed by atoms with E-state index in [1.54, 1.807) is 30.5 Å². The Morgan fingerprint density at radius 3 is 2.65 bits per heavy atom. The molecule has 0 atom stereocenters. The van der Waals surface area contributed by atoms with E-state index < -0.39 is 5.76 Å². The quantitative estimate of drug-likeness (QED) is 0.598. The summed E-state index contributed by atoms with van der Waals surface area (Å²) in [6, 6.07) is 16.5. The lowest BCUT2D eigenvalue weighted by molar-refractivity contribution is -0.121. The number of carbonyl (C=O) groups is 1. The molecule has 0 saturated carbocycles. The molecule has 2 heterocycles. The van der Waals surface area contributed by atoms with Crippen molar-refractivity contribution >= 4 is 17.0 Å². The molecule has 26 heavy (non-hydrogen) atoms. The van der Waals surface area contributed by atoms with Gasteiger partial charge < -0.3 is 14.2 Å². The molecule has 0 aliphatic carbocycles. The molecule has 0 unspecified atom stereocenters. The van der Waals surface area contributed by atoms with Gasteiger partial charge in [0.05, 0.1) is 18.3 Å². The van der Waals surface area contributed by atoms with Crippen LogP contribution in [0, 0.1) is 0 Å². The predicted octanol–water partition coefficient (Wildman–Crippen LogP) is 2.57. The molecular weight excluding hydrogens is 334 g/mol. The second kappa shape index (κ2) is 6.72. The average Bonchev–Trinajstić information content (AvgIpc) is 3.26. The zero-order valence-electron chi connectivity index (χ0n) is 13.7. The van der Waals surface area contributed by atoms with Crippen LogP contribution in [0.15, 0.2) is 74.4 Å². The molecule has 2 aromatic carbocycles. The Morgan fingerprint density at radius 1 is 1.04 bits per heavy atom.